The number of carbonyl (C=O) groups is 1. The molecule has 4 aromatic rings. The van der Waals surface area contributed by atoms with Gasteiger partial charge in [-0.2, -0.15) is 11.3 Å². The third-order valence-electron chi connectivity index (χ3n) is 7.57. The molecule has 0 N–H and O–H groups in total. The van der Waals surface area contributed by atoms with E-state index in [0.29, 0.717) is 11.8 Å². The predicted molar refractivity (Wildman–Crippen MR) is 146 cm³/mol. The lowest BCUT2D eigenvalue weighted by atomic mass is 9.89. The van der Waals surface area contributed by atoms with Gasteiger partial charge in [0.15, 0.2) is 0 Å². The molecule has 2 fully saturated rings. The van der Waals surface area contributed by atoms with Crippen molar-refractivity contribution in [2.24, 2.45) is 13.0 Å². The van der Waals surface area contributed by atoms with Crippen LogP contribution in [0.5, 0.6) is 0 Å². The molecule has 1 atom stereocenters. The summed E-state index contributed by atoms with van der Waals surface area (Å²) in [4.78, 5) is 17.8. The maximum Gasteiger partial charge on any atom is 0.256 e. The quantitative estimate of drug-likeness (QED) is 0.322. The number of likely N-dealkylation sites (tertiary alicyclic amines) is 2. The number of piperidine rings is 1. The van der Waals surface area contributed by atoms with E-state index in [4.69, 9.17) is 0 Å². The second-order valence-electron chi connectivity index (χ2n) is 10.00. The SMILES string of the molecule is Cn1ccc2cccc(C(=O)N3CC[C@H](CN4CCC(c5ccc(F)cc5)CC4)C3)c21.c1ccsc1. The van der Waals surface area contributed by atoms with Gasteiger partial charge in [-0.3, -0.25) is 4.79 Å². The van der Waals surface area contributed by atoms with Crippen LogP contribution in [0.4, 0.5) is 4.39 Å². The van der Waals surface area contributed by atoms with Gasteiger partial charge in [-0.25, -0.2) is 4.39 Å². The van der Waals surface area contributed by atoms with Crippen molar-refractivity contribution in [1.82, 2.24) is 14.4 Å². The van der Waals surface area contributed by atoms with Gasteiger partial charge in [0.25, 0.3) is 5.91 Å². The smallest absolute Gasteiger partial charge is 0.256 e. The molecular formula is C30H34FN3OS. The molecule has 2 aliphatic heterocycles. The number of amides is 1. The maximum absolute atomic E-state index is 13.2. The molecule has 2 aromatic carbocycles. The Hall–Kier alpha value is -2.96. The van der Waals surface area contributed by atoms with Crippen molar-refractivity contribution >= 4 is 28.1 Å². The Labute approximate surface area is 217 Å². The Morgan fingerprint density at radius 1 is 0.944 bits per heavy atom. The van der Waals surface area contributed by atoms with Crippen LogP contribution in [-0.4, -0.2) is 53.0 Å². The number of hydrogen-bond donors (Lipinski definition) is 0. The Morgan fingerprint density at radius 2 is 1.69 bits per heavy atom. The molecular weight excluding hydrogens is 469 g/mol. The summed E-state index contributed by atoms with van der Waals surface area (Å²) in [5.74, 6) is 1.07. The first kappa shape index (κ1) is 24.7. The largest absolute Gasteiger partial charge is 0.350 e. The predicted octanol–water partition coefficient (Wildman–Crippen LogP) is 6.41. The average molecular weight is 504 g/mol. The zero-order valence-corrected chi connectivity index (χ0v) is 21.7. The highest BCUT2D eigenvalue weighted by molar-refractivity contribution is 7.07. The van der Waals surface area contributed by atoms with Gasteiger partial charge >= 0.3 is 0 Å². The minimum absolute atomic E-state index is 0.157. The molecule has 6 heteroatoms. The molecule has 4 heterocycles. The summed E-state index contributed by atoms with van der Waals surface area (Å²) in [5.41, 5.74) is 3.10. The Balaban J connectivity index is 0.000000477. The van der Waals surface area contributed by atoms with Crippen LogP contribution >= 0.6 is 11.3 Å². The summed E-state index contributed by atoms with van der Waals surface area (Å²) >= 11 is 1.71. The normalized spacial score (nSPS) is 18.8. The maximum atomic E-state index is 13.2. The molecule has 2 aliphatic rings. The summed E-state index contributed by atoms with van der Waals surface area (Å²) < 4.78 is 15.2. The van der Waals surface area contributed by atoms with Crippen LogP contribution in [0.25, 0.3) is 10.9 Å². The van der Waals surface area contributed by atoms with Crippen molar-refractivity contribution in [1.29, 1.82) is 0 Å². The van der Waals surface area contributed by atoms with E-state index in [2.05, 4.69) is 17.0 Å². The number of halogens is 1. The van der Waals surface area contributed by atoms with E-state index in [1.54, 1.807) is 23.5 Å². The molecule has 0 spiro atoms. The van der Waals surface area contributed by atoms with E-state index in [9.17, 15) is 9.18 Å². The lowest BCUT2D eigenvalue weighted by molar-refractivity contribution is 0.0783. The van der Waals surface area contributed by atoms with Crippen molar-refractivity contribution < 1.29 is 9.18 Å². The number of thiophene rings is 1. The lowest BCUT2D eigenvalue weighted by Crippen LogP contribution is -2.37. The molecule has 2 saturated heterocycles. The standard InChI is InChI=1S/C26H30FN3O.C4H4S/c1-28-13-10-22-3-2-4-24(25(22)28)26(31)30-16-9-19(18-30)17-29-14-11-21(12-15-29)20-5-7-23(27)8-6-20;1-2-4-5-3-1/h2-8,10,13,19,21H,9,11-12,14-18H2,1H3;1-4H/t19-;/m1./s1. The fraction of sp³-hybridized carbons (Fsp3) is 0.367. The molecule has 0 aliphatic carbocycles. The molecule has 6 rings (SSSR count). The minimum atomic E-state index is -0.162. The van der Waals surface area contributed by atoms with Crippen molar-refractivity contribution in [3.8, 4) is 0 Å². The van der Waals surface area contributed by atoms with Gasteiger partial charge in [-0.15, -0.1) is 0 Å². The van der Waals surface area contributed by atoms with E-state index < -0.39 is 0 Å². The molecule has 0 saturated carbocycles. The average Bonchev–Trinajstić information content (AvgIpc) is 3.69. The van der Waals surface area contributed by atoms with E-state index in [-0.39, 0.29) is 11.7 Å². The van der Waals surface area contributed by atoms with Crippen LogP contribution in [0.2, 0.25) is 0 Å². The summed E-state index contributed by atoms with van der Waals surface area (Å²) in [7, 11) is 2.00. The third-order valence-corrected chi connectivity index (χ3v) is 8.20. The van der Waals surface area contributed by atoms with Crippen LogP contribution < -0.4 is 0 Å². The number of benzene rings is 2. The summed E-state index contributed by atoms with van der Waals surface area (Å²) in [5, 5.41) is 5.20. The first-order valence-corrected chi connectivity index (χ1v) is 13.8. The van der Waals surface area contributed by atoms with Crippen LogP contribution in [0.15, 0.2) is 77.6 Å². The van der Waals surface area contributed by atoms with Crippen LogP contribution in [0, 0.1) is 11.7 Å². The van der Waals surface area contributed by atoms with Crippen LogP contribution in [0.1, 0.15) is 41.1 Å². The topological polar surface area (TPSA) is 28.5 Å². The summed E-state index contributed by atoms with van der Waals surface area (Å²) in [6.45, 7) is 4.91. The first-order valence-electron chi connectivity index (χ1n) is 12.9. The second-order valence-corrected chi connectivity index (χ2v) is 10.8. The number of nitrogens with zero attached hydrogens (tertiary/aromatic N) is 3. The third kappa shape index (κ3) is 5.71. The number of para-hydroxylation sites is 1. The van der Waals surface area contributed by atoms with Gasteiger partial charge in [0.2, 0.25) is 0 Å². The molecule has 1 amide bonds. The van der Waals surface area contributed by atoms with Crippen molar-refractivity contribution in [3.05, 3.63) is 94.6 Å². The Bertz CT molecular complexity index is 1240. The van der Waals surface area contributed by atoms with Crippen molar-refractivity contribution in [3.63, 3.8) is 0 Å². The second kappa shape index (κ2) is 11.4. The summed E-state index contributed by atoms with van der Waals surface area (Å²) in [6, 6.07) is 19.1. The number of carbonyl (C=O) groups excluding carboxylic acids is 1. The van der Waals surface area contributed by atoms with E-state index >= 15 is 0 Å². The van der Waals surface area contributed by atoms with Crippen molar-refractivity contribution in [2.45, 2.75) is 25.2 Å². The molecule has 4 nitrogen and oxygen atoms in total. The number of hydrogen-bond acceptors (Lipinski definition) is 3. The molecule has 0 radical (unpaired) electrons. The number of fused-ring (bicyclic) bond motifs is 1. The molecule has 36 heavy (non-hydrogen) atoms. The first-order chi connectivity index (χ1) is 17.6. The van der Waals surface area contributed by atoms with Gasteiger partial charge in [-0.1, -0.05) is 36.4 Å². The van der Waals surface area contributed by atoms with Gasteiger partial charge < -0.3 is 14.4 Å². The van der Waals surface area contributed by atoms with E-state index in [0.717, 1.165) is 68.5 Å². The van der Waals surface area contributed by atoms with E-state index in [1.807, 2.05) is 69.9 Å². The zero-order chi connectivity index (χ0) is 24.9. The van der Waals surface area contributed by atoms with Gasteiger partial charge in [0, 0.05) is 38.3 Å². The number of aryl methyl sites for hydroxylation is 1. The van der Waals surface area contributed by atoms with Gasteiger partial charge in [0.05, 0.1) is 11.1 Å². The van der Waals surface area contributed by atoms with Crippen LogP contribution in [0.3, 0.4) is 0 Å². The molecule has 188 valence electrons. The number of aromatic nitrogens is 1. The van der Waals surface area contributed by atoms with Gasteiger partial charge in [-0.05, 0) is 84.8 Å². The Kier molecular flexibility index (Phi) is 7.83. The highest BCUT2D eigenvalue weighted by Gasteiger charge is 2.30. The number of rotatable bonds is 4. The van der Waals surface area contributed by atoms with Crippen LogP contribution in [-0.2, 0) is 7.05 Å². The Morgan fingerprint density at radius 3 is 2.39 bits per heavy atom. The lowest BCUT2D eigenvalue weighted by Gasteiger charge is -2.33. The fourth-order valence-corrected chi connectivity index (χ4v) is 6.09. The van der Waals surface area contributed by atoms with Crippen molar-refractivity contribution in [2.75, 3.05) is 32.7 Å². The zero-order valence-electron chi connectivity index (χ0n) is 20.9. The highest BCUT2D eigenvalue weighted by atomic mass is 32.1. The highest BCUT2D eigenvalue weighted by Crippen LogP contribution is 2.30. The van der Waals surface area contributed by atoms with E-state index in [1.165, 1.54) is 5.56 Å². The molecule has 0 unspecified atom stereocenters. The minimum Gasteiger partial charge on any atom is -0.350 e. The molecule has 0 bridgehead atoms. The fourth-order valence-electron chi connectivity index (χ4n) is 5.64. The summed E-state index contributed by atoms with van der Waals surface area (Å²) in [6.07, 6.45) is 5.34. The monoisotopic (exact) mass is 503 g/mol. The van der Waals surface area contributed by atoms with Gasteiger partial charge in [0.1, 0.15) is 5.82 Å². The molecule has 2 aromatic heterocycles.